The van der Waals surface area contributed by atoms with Crippen LogP contribution in [-0.4, -0.2) is 0 Å². The van der Waals surface area contributed by atoms with Crippen molar-refractivity contribution in [1.29, 1.82) is 0 Å². The third kappa shape index (κ3) is 13.2. The molecular formula is C10H17Li. The van der Waals surface area contributed by atoms with E-state index in [0.717, 1.165) is 12.8 Å². The molecule has 0 aromatic heterocycles. The van der Waals surface area contributed by atoms with Gasteiger partial charge in [-0.2, -0.15) is 0 Å². The first-order valence-corrected chi connectivity index (χ1v) is 4.31. The Bertz CT molecular complexity index is 91.5. The minimum atomic E-state index is 0. The smallest absolute Gasteiger partial charge is 0.694 e. The molecule has 1 heteroatoms. The van der Waals surface area contributed by atoms with E-state index in [4.69, 9.17) is 6.42 Å². The zero-order valence-corrected chi connectivity index (χ0v) is 7.95. The van der Waals surface area contributed by atoms with Gasteiger partial charge in [0.1, 0.15) is 0 Å². The van der Waals surface area contributed by atoms with Gasteiger partial charge in [0.25, 0.3) is 0 Å². The van der Waals surface area contributed by atoms with Crippen LogP contribution < -0.4 is 18.9 Å². The standard InChI is InChI=1S/C10H17.Li/c1-3-5-7-9-10-8-6-4-2;/h3,5-10H2,1H3;/q-1;+1. The Morgan fingerprint density at radius 3 is 2.09 bits per heavy atom. The van der Waals surface area contributed by atoms with Gasteiger partial charge in [-0.05, 0) is 12.8 Å². The summed E-state index contributed by atoms with van der Waals surface area (Å²) in [7, 11) is 0. The molecule has 0 fully saturated rings. The second kappa shape index (κ2) is 12.8. The van der Waals surface area contributed by atoms with Gasteiger partial charge in [-0.15, -0.1) is 0 Å². The van der Waals surface area contributed by atoms with Crippen LogP contribution in [-0.2, 0) is 0 Å². The van der Waals surface area contributed by atoms with Crippen LogP contribution in [0, 0.1) is 12.3 Å². The molecule has 0 amide bonds. The summed E-state index contributed by atoms with van der Waals surface area (Å²) in [5.74, 6) is 2.41. The van der Waals surface area contributed by atoms with E-state index < -0.39 is 0 Å². The summed E-state index contributed by atoms with van der Waals surface area (Å²) in [6.07, 6.45) is 15.4. The van der Waals surface area contributed by atoms with Crippen molar-refractivity contribution in [2.24, 2.45) is 0 Å². The molecular weight excluding hydrogens is 127 g/mol. The molecule has 11 heavy (non-hydrogen) atoms. The van der Waals surface area contributed by atoms with Crippen LogP contribution in [0.5, 0.6) is 0 Å². The van der Waals surface area contributed by atoms with Crippen molar-refractivity contribution in [3.8, 4) is 5.92 Å². The van der Waals surface area contributed by atoms with Gasteiger partial charge >= 0.3 is 18.9 Å². The molecule has 0 aliphatic heterocycles. The van der Waals surface area contributed by atoms with E-state index >= 15 is 0 Å². The average molecular weight is 144 g/mol. The molecule has 0 spiro atoms. The van der Waals surface area contributed by atoms with Gasteiger partial charge in [0.05, 0.1) is 0 Å². The van der Waals surface area contributed by atoms with E-state index in [2.05, 4.69) is 12.8 Å². The average Bonchev–Trinajstić information content (AvgIpc) is 1.97. The van der Waals surface area contributed by atoms with Crippen LogP contribution >= 0.6 is 0 Å². The minimum absolute atomic E-state index is 0. The number of hydrogen-bond donors (Lipinski definition) is 0. The Balaban J connectivity index is 0. The van der Waals surface area contributed by atoms with Gasteiger partial charge in [0, 0.05) is 0 Å². The van der Waals surface area contributed by atoms with Crippen LogP contribution in [0.1, 0.15) is 51.9 Å². The van der Waals surface area contributed by atoms with Crippen LogP contribution in [0.25, 0.3) is 0 Å². The van der Waals surface area contributed by atoms with Crippen molar-refractivity contribution in [1.82, 2.24) is 0 Å². The quantitative estimate of drug-likeness (QED) is 0.218. The number of unbranched alkanes of at least 4 members (excludes halogenated alkanes) is 6. The first kappa shape index (κ1) is 13.7. The van der Waals surface area contributed by atoms with E-state index in [9.17, 15) is 0 Å². The molecule has 0 rings (SSSR count). The van der Waals surface area contributed by atoms with E-state index in [0.29, 0.717) is 0 Å². The molecule has 0 unspecified atom stereocenters. The molecule has 0 radical (unpaired) electrons. The summed E-state index contributed by atoms with van der Waals surface area (Å²) in [5, 5.41) is 0. The van der Waals surface area contributed by atoms with Crippen LogP contribution in [0.2, 0.25) is 0 Å². The van der Waals surface area contributed by atoms with Crippen LogP contribution in [0.15, 0.2) is 0 Å². The maximum absolute atomic E-state index is 6.67. The fraction of sp³-hybridized carbons (Fsp3) is 0.800. The maximum Gasteiger partial charge on any atom is 1.00 e. The van der Waals surface area contributed by atoms with Crippen molar-refractivity contribution >= 4 is 0 Å². The van der Waals surface area contributed by atoms with E-state index in [-0.39, 0.29) is 18.9 Å². The fourth-order valence-electron chi connectivity index (χ4n) is 0.994. The monoisotopic (exact) mass is 144 g/mol. The second-order valence-electron chi connectivity index (χ2n) is 2.69. The van der Waals surface area contributed by atoms with Crippen molar-refractivity contribution in [3.05, 3.63) is 6.42 Å². The first-order chi connectivity index (χ1) is 4.91. The minimum Gasteiger partial charge on any atom is -0.694 e. The maximum atomic E-state index is 6.67. The van der Waals surface area contributed by atoms with Gasteiger partial charge < -0.3 is 12.3 Å². The molecule has 0 heterocycles. The second-order valence-corrected chi connectivity index (χ2v) is 2.69. The molecule has 58 valence electrons. The van der Waals surface area contributed by atoms with Crippen molar-refractivity contribution in [2.45, 2.75) is 51.9 Å². The fourth-order valence-corrected chi connectivity index (χ4v) is 0.994. The zero-order valence-electron chi connectivity index (χ0n) is 7.95. The zero-order chi connectivity index (χ0) is 7.66. The summed E-state index contributed by atoms with van der Waals surface area (Å²) in [4.78, 5) is 0. The molecule has 0 saturated carbocycles. The van der Waals surface area contributed by atoms with Gasteiger partial charge in [0.15, 0.2) is 0 Å². The van der Waals surface area contributed by atoms with Crippen molar-refractivity contribution in [3.63, 3.8) is 0 Å². The third-order valence-corrected chi connectivity index (χ3v) is 1.66. The molecule has 0 saturated heterocycles. The van der Waals surface area contributed by atoms with Crippen molar-refractivity contribution in [2.75, 3.05) is 0 Å². The predicted molar refractivity (Wildman–Crippen MR) is 45.1 cm³/mol. The Hall–Kier alpha value is 0.157. The Kier molecular flexibility index (Phi) is 16.0. The Labute approximate surface area is 83.3 Å². The first-order valence-electron chi connectivity index (χ1n) is 4.31. The summed E-state index contributed by atoms with van der Waals surface area (Å²) in [5.41, 5.74) is 0. The molecule has 0 aromatic rings. The largest absolute Gasteiger partial charge is 1.00 e. The number of rotatable bonds is 6. The van der Waals surface area contributed by atoms with E-state index in [1.54, 1.807) is 0 Å². The molecule has 0 nitrogen and oxygen atoms in total. The third-order valence-electron chi connectivity index (χ3n) is 1.66. The van der Waals surface area contributed by atoms with Gasteiger partial charge in [-0.25, -0.2) is 0 Å². The Morgan fingerprint density at radius 2 is 1.55 bits per heavy atom. The summed E-state index contributed by atoms with van der Waals surface area (Å²) < 4.78 is 0. The van der Waals surface area contributed by atoms with E-state index in [1.807, 2.05) is 0 Å². The normalized spacial score (nSPS) is 8.36. The predicted octanol–water partition coefficient (Wildman–Crippen LogP) is 0.331. The molecule has 0 aliphatic carbocycles. The van der Waals surface area contributed by atoms with Crippen LogP contribution in [0.4, 0.5) is 0 Å². The number of hydrogen-bond acceptors (Lipinski definition) is 0. The Morgan fingerprint density at radius 1 is 1.00 bits per heavy atom. The molecule has 0 aromatic carbocycles. The van der Waals surface area contributed by atoms with E-state index in [1.165, 1.54) is 32.1 Å². The summed E-state index contributed by atoms with van der Waals surface area (Å²) >= 11 is 0. The molecule has 0 bridgehead atoms. The van der Waals surface area contributed by atoms with Crippen LogP contribution in [0.3, 0.4) is 0 Å². The summed E-state index contributed by atoms with van der Waals surface area (Å²) in [6.45, 7) is 2.23. The van der Waals surface area contributed by atoms with Gasteiger partial charge in [-0.3, -0.25) is 0 Å². The molecule has 0 N–H and O–H groups in total. The van der Waals surface area contributed by atoms with Gasteiger partial charge in [0.2, 0.25) is 0 Å². The van der Waals surface area contributed by atoms with Gasteiger partial charge in [-0.1, -0.05) is 39.0 Å². The SMILES string of the molecule is [C-]#CCCCCCCCC.[Li+]. The molecule has 0 atom stereocenters. The molecule has 0 aliphatic rings. The topological polar surface area (TPSA) is 0 Å². The summed E-state index contributed by atoms with van der Waals surface area (Å²) in [6, 6.07) is 0. The van der Waals surface area contributed by atoms with Crippen molar-refractivity contribution < 1.29 is 18.9 Å².